The van der Waals surface area contributed by atoms with E-state index >= 15 is 0 Å². The van der Waals surface area contributed by atoms with Gasteiger partial charge in [-0.05, 0) is 36.3 Å². The molecule has 0 radical (unpaired) electrons. The molecule has 1 aliphatic rings. The van der Waals surface area contributed by atoms with Gasteiger partial charge in [0.25, 0.3) is 0 Å². The van der Waals surface area contributed by atoms with Crippen molar-refractivity contribution in [2.24, 2.45) is 0 Å². The molecule has 0 aliphatic carbocycles. The summed E-state index contributed by atoms with van der Waals surface area (Å²) in [4.78, 5) is 12.9. The number of rotatable bonds is 5. The van der Waals surface area contributed by atoms with Crippen LogP contribution < -0.4 is 0 Å². The third-order valence-electron chi connectivity index (χ3n) is 4.82. The molecule has 1 N–H and O–H groups in total. The predicted molar refractivity (Wildman–Crippen MR) is 112 cm³/mol. The van der Waals surface area contributed by atoms with E-state index in [2.05, 4.69) is 11.0 Å². The van der Waals surface area contributed by atoms with Crippen LogP contribution in [0, 0.1) is 0 Å². The molecule has 28 heavy (non-hydrogen) atoms. The van der Waals surface area contributed by atoms with Crippen molar-refractivity contribution in [3.05, 3.63) is 47.5 Å². The first-order valence-electron chi connectivity index (χ1n) is 9.05. The molecule has 3 heterocycles. The summed E-state index contributed by atoms with van der Waals surface area (Å²) < 4.78 is 23.2. The molecule has 0 fully saturated rings. The number of hydrogen-bond donors (Lipinski definition) is 1. The molecule has 0 saturated carbocycles. The largest absolute Gasteiger partial charge is 0.395 e. The summed E-state index contributed by atoms with van der Waals surface area (Å²) in [7, 11) is -3.21. The first kappa shape index (κ1) is 19.2. The second-order valence-corrected chi connectivity index (χ2v) is 9.83. The topological polar surface area (TPSA) is 83.4 Å². The summed E-state index contributed by atoms with van der Waals surface area (Å²) in [6.45, 7) is 2.64. The number of aliphatic hydroxyl groups is 1. The molecule has 0 atom stereocenters. The number of β-amino-alcohol motifs (C(OH)–C–C–N with tert-alkyl or cyclic N) is 1. The highest BCUT2D eigenvalue weighted by Crippen LogP contribution is 2.31. The first-order valence-corrected chi connectivity index (χ1v) is 11.8. The molecule has 2 aromatic heterocycles. The standard InChI is InChI=1S/C20H21N3O3S2/c1-28(25,26)16-4-2-14(3-5-16)17-6-7-18-20(21-17)27-19(22-18)15-8-10-23(11-9-15)12-13-24/h2-8,24H,9-13H2,1H3. The monoisotopic (exact) mass is 415 g/mol. The Kier molecular flexibility index (Phi) is 5.29. The predicted octanol–water partition coefficient (Wildman–Crippen LogP) is 2.84. The lowest BCUT2D eigenvalue weighted by Crippen LogP contribution is -2.31. The van der Waals surface area contributed by atoms with Gasteiger partial charge in [0, 0.05) is 31.5 Å². The Balaban J connectivity index is 1.60. The number of thiazole rings is 1. The van der Waals surface area contributed by atoms with Gasteiger partial charge in [-0.3, -0.25) is 4.90 Å². The molecule has 0 saturated heterocycles. The maximum atomic E-state index is 11.6. The Bertz CT molecular complexity index is 1140. The van der Waals surface area contributed by atoms with Gasteiger partial charge in [-0.1, -0.05) is 29.5 Å². The molecule has 0 unspecified atom stereocenters. The number of nitrogens with zero attached hydrogens (tertiary/aromatic N) is 3. The molecule has 0 spiro atoms. The van der Waals surface area contributed by atoms with Crippen LogP contribution in [0.15, 0.2) is 47.4 Å². The summed E-state index contributed by atoms with van der Waals surface area (Å²) in [6.07, 6.45) is 4.30. The maximum Gasteiger partial charge on any atom is 0.175 e. The zero-order chi connectivity index (χ0) is 19.7. The van der Waals surface area contributed by atoms with Crippen LogP contribution in [-0.2, 0) is 9.84 Å². The van der Waals surface area contributed by atoms with Gasteiger partial charge in [0.15, 0.2) is 9.84 Å². The van der Waals surface area contributed by atoms with E-state index in [0.29, 0.717) is 11.4 Å². The lowest BCUT2D eigenvalue weighted by molar-refractivity contribution is 0.208. The van der Waals surface area contributed by atoms with Crippen molar-refractivity contribution in [1.82, 2.24) is 14.9 Å². The summed E-state index contributed by atoms with van der Waals surface area (Å²) in [5.74, 6) is 0. The third kappa shape index (κ3) is 4.00. The van der Waals surface area contributed by atoms with Crippen LogP contribution in [0.25, 0.3) is 27.2 Å². The fourth-order valence-electron chi connectivity index (χ4n) is 3.24. The second kappa shape index (κ2) is 7.71. The molecule has 3 aromatic rings. The van der Waals surface area contributed by atoms with Gasteiger partial charge >= 0.3 is 0 Å². The fourth-order valence-corrected chi connectivity index (χ4v) is 4.87. The highest BCUT2D eigenvalue weighted by atomic mass is 32.2. The molecular weight excluding hydrogens is 394 g/mol. The van der Waals surface area contributed by atoms with E-state index in [-0.39, 0.29) is 6.61 Å². The molecular formula is C20H21N3O3S2. The molecule has 8 heteroatoms. The van der Waals surface area contributed by atoms with Gasteiger partial charge in [-0.25, -0.2) is 18.4 Å². The van der Waals surface area contributed by atoms with Crippen molar-refractivity contribution in [3.63, 3.8) is 0 Å². The van der Waals surface area contributed by atoms with Crippen molar-refractivity contribution in [2.75, 3.05) is 32.5 Å². The third-order valence-corrected chi connectivity index (χ3v) is 6.99. The smallest absolute Gasteiger partial charge is 0.175 e. The summed E-state index contributed by atoms with van der Waals surface area (Å²) in [5, 5.41) is 10.1. The lowest BCUT2D eigenvalue weighted by atomic mass is 10.1. The SMILES string of the molecule is CS(=O)(=O)c1ccc(-c2ccc3nc(C4=CCN(CCO)CC4)sc3n2)cc1. The minimum Gasteiger partial charge on any atom is -0.395 e. The maximum absolute atomic E-state index is 11.6. The first-order chi connectivity index (χ1) is 13.4. The van der Waals surface area contributed by atoms with E-state index in [1.807, 2.05) is 12.1 Å². The summed E-state index contributed by atoms with van der Waals surface area (Å²) in [6, 6.07) is 10.7. The van der Waals surface area contributed by atoms with Crippen LogP contribution in [0.2, 0.25) is 0 Å². The lowest BCUT2D eigenvalue weighted by Gasteiger charge is -2.24. The number of pyridine rings is 1. The van der Waals surface area contributed by atoms with E-state index in [1.54, 1.807) is 35.6 Å². The Morgan fingerprint density at radius 2 is 1.93 bits per heavy atom. The number of benzene rings is 1. The van der Waals surface area contributed by atoms with E-state index in [0.717, 1.165) is 46.1 Å². The van der Waals surface area contributed by atoms with Gasteiger partial charge < -0.3 is 5.11 Å². The summed E-state index contributed by atoms with van der Waals surface area (Å²) in [5.41, 5.74) is 3.78. The number of hydrogen-bond acceptors (Lipinski definition) is 7. The Morgan fingerprint density at radius 3 is 2.57 bits per heavy atom. The molecule has 146 valence electrons. The number of fused-ring (bicyclic) bond motifs is 1. The molecule has 1 aliphatic heterocycles. The van der Waals surface area contributed by atoms with E-state index in [4.69, 9.17) is 15.1 Å². The van der Waals surface area contributed by atoms with Crippen LogP contribution >= 0.6 is 11.3 Å². The Labute approximate surface area is 168 Å². The van der Waals surface area contributed by atoms with E-state index in [9.17, 15) is 8.42 Å². The van der Waals surface area contributed by atoms with Gasteiger partial charge in [0.05, 0.1) is 17.2 Å². The number of sulfone groups is 1. The van der Waals surface area contributed by atoms with E-state index in [1.165, 1.54) is 11.8 Å². The minimum atomic E-state index is -3.21. The van der Waals surface area contributed by atoms with Crippen LogP contribution in [0.3, 0.4) is 0 Å². The van der Waals surface area contributed by atoms with Crippen molar-refractivity contribution in [1.29, 1.82) is 0 Å². The minimum absolute atomic E-state index is 0.183. The zero-order valence-electron chi connectivity index (χ0n) is 15.5. The van der Waals surface area contributed by atoms with Crippen molar-refractivity contribution >= 4 is 37.1 Å². The quantitative estimate of drug-likeness (QED) is 0.690. The number of aromatic nitrogens is 2. The van der Waals surface area contributed by atoms with Crippen molar-refractivity contribution in [3.8, 4) is 11.3 Å². The van der Waals surface area contributed by atoms with Crippen LogP contribution in [-0.4, -0.2) is 60.9 Å². The van der Waals surface area contributed by atoms with Crippen molar-refractivity contribution in [2.45, 2.75) is 11.3 Å². The van der Waals surface area contributed by atoms with Gasteiger partial charge in [0.2, 0.25) is 0 Å². The fraction of sp³-hybridized carbons (Fsp3) is 0.300. The Morgan fingerprint density at radius 1 is 1.14 bits per heavy atom. The molecule has 6 nitrogen and oxygen atoms in total. The molecule has 1 aromatic carbocycles. The zero-order valence-corrected chi connectivity index (χ0v) is 17.1. The highest BCUT2D eigenvalue weighted by molar-refractivity contribution is 7.90. The highest BCUT2D eigenvalue weighted by Gasteiger charge is 2.16. The Hall–Kier alpha value is -2.13. The van der Waals surface area contributed by atoms with Crippen molar-refractivity contribution < 1.29 is 13.5 Å². The average molecular weight is 416 g/mol. The molecule has 4 rings (SSSR count). The molecule has 0 amide bonds. The van der Waals surface area contributed by atoms with Gasteiger partial charge in [-0.15, -0.1) is 0 Å². The normalized spacial score (nSPS) is 15.7. The van der Waals surface area contributed by atoms with Gasteiger partial charge in [-0.2, -0.15) is 0 Å². The number of aliphatic hydroxyl groups excluding tert-OH is 1. The second-order valence-electron chi connectivity index (χ2n) is 6.84. The van der Waals surface area contributed by atoms with Crippen LogP contribution in [0.5, 0.6) is 0 Å². The van der Waals surface area contributed by atoms with Crippen LogP contribution in [0.4, 0.5) is 0 Å². The van der Waals surface area contributed by atoms with Crippen LogP contribution in [0.1, 0.15) is 11.4 Å². The van der Waals surface area contributed by atoms with Gasteiger partial charge in [0.1, 0.15) is 15.4 Å². The summed E-state index contributed by atoms with van der Waals surface area (Å²) >= 11 is 1.58. The molecule has 0 bridgehead atoms. The average Bonchev–Trinajstić information content (AvgIpc) is 3.11. The van der Waals surface area contributed by atoms with E-state index < -0.39 is 9.84 Å².